The number of para-hydroxylation sites is 1. The van der Waals surface area contributed by atoms with Crippen molar-refractivity contribution in [2.45, 2.75) is 13.0 Å². The highest BCUT2D eigenvalue weighted by molar-refractivity contribution is 5.91. The summed E-state index contributed by atoms with van der Waals surface area (Å²) in [6, 6.07) is 16.4. The molecule has 9 nitrogen and oxygen atoms in total. The number of nitrogens with two attached hydrogens (primary N) is 1. The van der Waals surface area contributed by atoms with E-state index in [-0.39, 0.29) is 19.2 Å². The maximum atomic E-state index is 12.4. The number of hydrogen-bond acceptors (Lipinski definition) is 5. The van der Waals surface area contributed by atoms with Crippen molar-refractivity contribution in [2.24, 2.45) is 11.7 Å². The van der Waals surface area contributed by atoms with E-state index in [9.17, 15) is 19.5 Å². The zero-order valence-corrected chi connectivity index (χ0v) is 17.7. The van der Waals surface area contributed by atoms with Gasteiger partial charge in [0.25, 0.3) is 0 Å². The van der Waals surface area contributed by atoms with E-state index in [1.807, 2.05) is 54.6 Å². The van der Waals surface area contributed by atoms with Crippen LogP contribution < -0.4 is 10.6 Å². The third-order valence-electron chi connectivity index (χ3n) is 5.25. The molecule has 1 atom stereocenters. The second kappa shape index (κ2) is 11.1. The van der Waals surface area contributed by atoms with E-state index in [1.54, 1.807) is 4.90 Å². The Labute approximate surface area is 186 Å². The first-order valence-electron chi connectivity index (χ1n) is 10.4. The predicted octanol–water partition coefficient (Wildman–Crippen LogP) is 2.48. The molecule has 32 heavy (non-hydrogen) atoms. The molecule has 2 aromatic rings. The molecule has 1 saturated heterocycles. The lowest BCUT2D eigenvalue weighted by Crippen LogP contribution is -2.43. The molecule has 3 amide bonds. The number of fused-ring (bicyclic) bond motifs is 1. The first kappa shape index (κ1) is 23.1. The number of amides is 3. The largest absolute Gasteiger partial charge is 0.481 e. The van der Waals surface area contributed by atoms with Gasteiger partial charge in [0, 0.05) is 19.6 Å². The van der Waals surface area contributed by atoms with E-state index in [1.165, 1.54) is 4.90 Å². The number of nitrogens with zero attached hydrogens (tertiary/aromatic N) is 2. The van der Waals surface area contributed by atoms with Crippen molar-refractivity contribution < 1.29 is 29.0 Å². The van der Waals surface area contributed by atoms with Gasteiger partial charge in [-0.15, -0.1) is 0 Å². The zero-order chi connectivity index (χ0) is 22.9. The van der Waals surface area contributed by atoms with E-state index in [2.05, 4.69) is 0 Å². The fourth-order valence-corrected chi connectivity index (χ4v) is 3.51. The normalized spacial score (nSPS) is 17.4. The van der Waals surface area contributed by atoms with Crippen LogP contribution in [0.3, 0.4) is 0 Å². The maximum Gasteiger partial charge on any atom is 0.414 e. The standard InChI is InChI=1S/C18H17NO4.C5H10N2O2/c20-17(21)15-10-14-8-4-5-9-16(14)19(11-15)18(22)23-12-13-6-2-1-3-7-13;6-5(8)7-1-3-9-4-2-7/h1-9,15H,10-12H2,(H,20,21);1-4H2,(H2,6,8). The molecule has 4 rings (SSSR count). The molecule has 0 bridgehead atoms. The van der Waals surface area contributed by atoms with Crippen molar-refractivity contribution in [2.75, 3.05) is 37.7 Å². The van der Waals surface area contributed by atoms with Crippen LogP contribution in [-0.2, 0) is 27.3 Å². The summed E-state index contributed by atoms with van der Waals surface area (Å²) < 4.78 is 10.3. The van der Waals surface area contributed by atoms with Gasteiger partial charge in [-0.2, -0.15) is 0 Å². The summed E-state index contributed by atoms with van der Waals surface area (Å²) >= 11 is 0. The Hall–Kier alpha value is -3.59. The van der Waals surface area contributed by atoms with Crippen LogP contribution in [0.5, 0.6) is 0 Å². The van der Waals surface area contributed by atoms with Crippen LogP contribution in [0.4, 0.5) is 15.3 Å². The Bertz CT molecular complexity index is 930. The fraction of sp³-hybridized carbons (Fsp3) is 0.348. The molecule has 170 valence electrons. The molecule has 1 unspecified atom stereocenters. The van der Waals surface area contributed by atoms with Gasteiger partial charge in [0.2, 0.25) is 0 Å². The number of primary amides is 1. The number of carboxylic acids is 1. The number of hydrogen-bond donors (Lipinski definition) is 2. The second-order valence-corrected chi connectivity index (χ2v) is 7.46. The minimum atomic E-state index is -0.902. The number of morpholine rings is 1. The highest BCUT2D eigenvalue weighted by Gasteiger charge is 2.32. The molecule has 0 aromatic heterocycles. The van der Waals surface area contributed by atoms with Gasteiger partial charge in [-0.05, 0) is 23.6 Å². The molecule has 0 aliphatic carbocycles. The van der Waals surface area contributed by atoms with E-state index < -0.39 is 18.0 Å². The third-order valence-corrected chi connectivity index (χ3v) is 5.25. The van der Waals surface area contributed by atoms with Crippen molar-refractivity contribution in [1.82, 2.24) is 4.90 Å². The van der Waals surface area contributed by atoms with Crippen LogP contribution in [0.25, 0.3) is 0 Å². The minimum Gasteiger partial charge on any atom is -0.481 e. The SMILES string of the molecule is NC(=O)N1CCOCC1.O=C(O)C1Cc2ccccc2N(C(=O)OCc2ccccc2)C1. The maximum absolute atomic E-state index is 12.4. The summed E-state index contributed by atoms with van der Waals surface area (Å²) in [6.07, 6.45) is -0.0965. The Morgan fingerprint density at radius 3 is 2.31 bits per heavy atom. The number of anilines is 1. The minimum absolute atomic E-state index is 0.125. The Balaban J connectivity index is 0.000000269. The number of carboxylic acid groups (broad SMARTS) is 1. The molecule has 2 aliphatic heterocycles. The molecule has 2 aliphatic rings. The smallest absolute Gasteiger partial charge is 0.414 e. The molecule has 0 spiro atoms. The van der Waals surface area contributed by atoms with Crippen LogP contribution in [0.2, 0.25) is 0 Å². The molecule has 1 fully saturated rings. The number of carbonyl (C=O) groups excluding carboxylic acids is 2. The average molecular weight is 441 g/mol. The van der Waals surface area contributed by atoms with Crippen LogP contribution in [0, 0.1) is 5.92 Å². The number of aliphatic carboxylic acids is 1. The lowest BCUT2D eigenvalue weighted by atomic mass is 9.93. The molecule has 3 N–H and O–H groups in total. The highest BCUT2D eigenvalue weighted by atomic mass is 16.6. The molecule has 2 heterocycles. The van der Waals surface area contributed by atoms with Crippen molar-refractivity contribution >= 4 is 23.8 Å². The summed E-state index contributed by atoms with van der Waals surface area (Å²) in [5, 5.41) is 9.29. The van der Waals surface area contributed by atoms with Crippen molar-refractivity contribution in [1.29, 1.82) is 0 Å². The van der Waals surface area contributed by atoms with Crippen LogP contribution in [0.1, 0.15) is 11.1 Å². The van der Waals surface area contributed by atoms with Gasteiger partial charge in [0.15, 0.2) is 0 Å². The van der Waals surface area contributed by atoms with Crippen molar-refractivity contribution in [3.05, 3.63) is 65.7 Å². The zero-order valence-electron chi connectivity index (χ0n) is 17.7. The lowest BCUT2D eigenvalue weighted by Gasteiger charge is -2.32. The first-order chi connectivity index (χ1) is 15.5. The summed E-state index contributed by atoms with van der Waals surface area (Å²) in [6.45, 7) is 2.78. The molecule has 0 radical (unpaired) electrons. The third kappa shape index (κ3) is 6.21. The second-order valence-electron chi connectivity index (χ2n) is 7.46. The molecule has 9 heteroatoms. The Morgan fingerprint density at radius 2 is 1.69 bits per heavy atom. The van der Waals surface area contributed by atoms with Gasteiger partial charge in [-0.1, -0.05) is 48.5 Å². The first-order valence-corrected chi connectivity index (χ1v) is 10.4. The van der Waals surface area contributed by atoms with E-state index >= 15 is 0 Å². The molecule has 2 aromatic carbocycles. The summed E-state index contributed by atoms with van der Waals surface area (Å²) in [5.41, 5.74) is 7.46. The number of ether oxygens (including phenoxy) is 2. The van der Waals surface area contributed by atoms with Gasteiger partial charge in [0.1, 0.15) is 6.61 Å². The van der Waals surface area contributed by atoms with Gasteiger partial charge in [-0.3, -0.25) is 9.69 Å². The van der Waals surface area contributed by atoms with E-state index in [0.717, 1.165) is 16.8 Å². The Kier molecular flexibility index (Phi) is 8.04. The van der Waals surface area contributed by atoms with Crippen LogP contribution in [-0.4, -0.2) is 60.9 Å². The summed E-state index contributed by atoms with van der Waals surface area (Å²) in [4.78, 5) is 37.2. The topological polar surface area (TPSA) is 122 Å². The highest BCUT2D eigenvalue weighted by Crippen LogP contribution is 2.30. The summed E-state index contributed by atoms with van der Waals surface area (Å²) in [7, 11) is 0. The van der Waals surface area contributed by atoms with Crippen molar-refractivity contribution in [3.8, 4) is 0 Å². The van der Waals surface area contributed by atoms with Gasteiger partial charge in [0.05, 0.1) is 24.8 Å². The average Bonchev–Trinajstić information content (AvgIpc) is 2.83. The van der Waals surface area contributed by atoms with Crippen LogP contribution >= 0.6 is 0 Å². The number of urea groups is 1. The monoisotopic (exact) mass is 441 g/mol. The quantitative estimate of drug-likeness (QED) is 0.755. The fourth-order valence-electron chi connectivity index (χ4n) is 3.51. The lowest BCUT2D eigenvalue weighted by molar-refractivity contribution is -0.141. The van der Waals surface area contributed by atoms with Crippen molar-refractivity contribution in [3.63, 3.8) is 0 Å². The number of rotatable bonds is 3. The van der Waals surface area contributed by atoms with E-state index in [0.29, 0.717) is 32.7 Å². The molecule has 0 saturated carbocycles. The van der Waals surface area contributed by atoms with Gasteiger partial charge in [-0.25, -0.2) is 9.59 Å². The number of benzene rings is 2. The molecular weight excluding hydrogens is 414 g/mol. The Morgan fingerprint density at radius 1 is 1.03 bits per heavy atom. The molecular formula is C23H27N3O6. The number of carbonyl (C=O) groups is 3. The van der Waals surface area contributed by atoms with E-state index in [4.69, 9.17) is 15.2 Å². The predicted molar refractivity (Wildman–Crippen MR) is 117 cm³/mol. The van der Waals surface area contributed by atoms with Gasteiger partial charge < -0.3 is 25.2 Å². The van der Waals surface area contributed by atoms with Crippen LogP contribution in [0.15, 0.2) is 54.6 Å². The summed E-state index contributed by atoms with van der Waals surface area (Å²) in [5.74, 6) is -1.52. The van der Waals surface area contributed by atoms with Gasteiger partial charge >= 0.3 is 18.1 Å².